The molecule has 2 N–H and O–H groups in total. The first-order chi connectivity index (χ1) is 10.0. The minimum Gasteiger partial charge on any atom is -0.444 e. The number of aliphatic hydroxyl groups excluding tert-OH is 1. The molecular formula is C16H23BrFNO3. The van der Waals surface area contributed by atoms with Crippen molar-refractivity contribution in [1.82, 2.24) is 5.32 Å². The average molecular weight is 376 g/mol. The number of amides is 1. The van der Waals surface area contributed by atoms with Gasteiger partial charge in [0.25, 0.3) is 0 Å². The normalized spacial score (nSPS) is 14.3. The van der Waals surface area contributed by atoms with Crippen molar-refractivity contribution < 1.29 is 19.0 Å². The van der Waals surface area contributed by atoms with Crippen LogP contribution < -0.4 is 5.32 Å². The molecule has 0 aliphatic rings. The van der Waals surface area contributed by atoms with Crippen LogP contribution in [-0.2, 0) is 11.2 Å². The first-order valence-corrected chi connectivity index (χ1v) is 7.86. The zero-order valence-electron chi connectivity index (χ0n) is 13.4. The fraction of sp³-hybridized carbons (Fsp3) is 0.562. The zero-order valence-corrected chi connectivity index (χ0v) is 15.0. The molecule has 4 nitrogen and oxygen atoms in total. The van der Waals surface area contributed by atoms with E-state index in [2.05, 4.69) is 21.2 Å². The van der Waals surface area contributed by atoms with E-state index in [0.717, 1.165) is 5.56 Å². The van der Waals surface area contributed by atoms with Crippen LogP contribution in [0.15, 0.2) is 22.7 Å². The number of carbonyl (C=O) groups excluding carboxylic acids is 1. The van der Waals surface area contributed by atoms with E-state index in [9.17, 15) is 14.3 Å². The van der Waals surface area contributed by atoms with Gasteiger partial charge in [-0.05, 0) is 44.9 Å². The second-order valence-electron chi connectivity index (χ2n) is 6.74. The Morgan fingerprint density at radius 1 is 1.36 bits per heavy atom. The molecule has 0 aromatic heterocycles. The van der Waals surface area contributed by atoms with Crippen LogP contribution in [-0.4, -0.2) is 30.0 Å². The van der Waals surface area contributed by atoms with Crippen LogP contribution in [0.25, 0.3) is 0 Å². The Labute approximate surface area is 139 Å². The summed E-state index contributed by atoms with van der Waals surface area (Å²) < 4.78 is 18.9. The Bertz CT molecular complexity index is 531. The Hall–Kier alpha value is -1.14. The summed E-state index contributed by atoms with van der Waals surface area (Å²) in [7, 11) is 0. The number of ether oxygens (including phenoxy) is 1. The Balaban J connectivity index is 2.70. The summed E-state index contributed by atoms with van der Waals surface area (Å²) >= 11 is 3.32. The molecule has 124 valence electrons. The predicted octanol–water partition coefficient (Wildman–Crippen LogP) is 3.65. The fourth-order valence-electron chi connectivity index (χ4n) is 1.90. The number of alkyl carbamates (subject to hydrolysis) is 1. The lowest BCUT2D eigenvalue weighted by Gasteiger charge is -2.29. The highest BCUT2D eigenvalue weighted by Crippen LogP contribution is 2.27. The minimum atomic E-state index is -0.572. The van der Waals surface area contributed by atoms with Crippen LogP contribution in [0.5, 0.6) is 0 Å². The number of carbonyl (C=O) groups is 1. The number of hydrogen-bond donors (Lipinski definition) is 2. The third-order valence-electron chi connectivity index (χ3n) is 3.07. The van der Waals surface area contributed by atoms with E-state index in [0.29, 0.717) is 10.9 Å². The maximum atomic E-state index is 13.1. The second kappa shape index (κ2) is 7.42. The first-order valence-electron chi connectivity index (χ1n) is 7.06. The number of aliphatic hydroxyl groups is 1. The lowest BCUT2D eigenvalue weighted by atomic mass is 9.84. The minimum absolute atomic E-state index is 0.118. The number of rotatable bonds is 5. The van der Waals surface area contributed by atoms with Crippen molar-refractivity contribution in [3.63, 3.8) is 0 Å². The number of benzene rings is 1. The number of nitrogens with one attached hydrogen (secondary N) is 1. The van der Waals surface area contributed by atoms with Gasteiger partial charge in [0.15, 0.2) is 0 Å². The fourth-order valence-corrected chi connectivity index (χ4v) is 2.39. The molecule has 0 heterocycles. The molecule has 0 aliphatic carbocycles. The van der Waals surface area contributed by atoms with E-state index in [4.69, 9.17) is 4.74 Å². The largest absolute Gasteiger partial charge is 0.444 e. The Morgan fingerprint density at radius 3 is 2.50 bits per heavy atom. The van der Waals surface area contributed by atoms with Gasteiger partial charge in [-0.25, -0.2) is 9.18 Å². The van der Waals surface area contributed by atoms with E-state index in [1.165, 1.54) is 12.1 Å². The van der Waals surface area contributed by atoms with Crippen LogP contribution in [0.4, 0.5) is 9.18 Å². The lowest BCUT2D eigenvalue weighted by molar-refractivity contribution is 0.0478. The standard InChI is InChI=1S/C16H23BrFNO3/c1-15(2,3)22-14(21)19-9-16(4,10-20)8-11-5-6-12(18)7-13(11)17/h5-7,20H,8-10H2,1-4H3,(H,19,21). The number of hydrogen-bond acceptors (Lipinski definition) is 3. The van der Waals surface area contributed by atoms with Crippen LogP contribution in [0.2, 0.25) is 0 Å². The molecule has 0 aliphatic heterocycles. The molecular weight excluding hydrogens is 353 g/mol. The van der Waals surface area contributed by atoms with E-state index in [1.807, 2.05) is 6.92 Å². The highest BCUT2D eigenvalue weighted by atomic mass is 79.9. The van der Waals surface area contributed by atoms with Gasteiger partial charge >= 0.3 is 6.09 Å². The molecule has 1 unspecified atom stereocenters. The van der Waals surface area contributed by atoms with E-state index in [1.54, 1.807) is 26.8 Å². The SMILES string of the molecule is CC(CO)(CNC(=O)OC(C)(C)C)Cc1ccc(F)cc1Br. The molecule has 1 aromatic rings. The maximum absolute atomic E-state index is 13.1. The molecule has 1 rings (SSSR count). The molecule has 22 heavy (non-hydrogen) atoms. The summed E-state index contributed by atoms with van der Waals surface area (Å²) in [5.41, 5.74) is -0.277. The average Bonchev–Trinajstić information content (AvgIpc) is 2.38. The third-order valence-corrected chi connectivity index (χ3v) is 3.81. The molecule has 1 atom stereocenters. The van der Waals surface area contributed by atoms with Crippen LogP contribution >= 0.6 is 15.9 Å². The van der Waals surface area contributed by atoms with Gasteiger partial charge in [-0.1, -0.05) is 28.9 Å². The Morgan fingerprint density at radius 2 is 2.00 bits per heavy atom. The molecule has 0 saturated carbocycles. The lowest BCUT2D eigenvalue weighted by Crippen LogP contribution is -2.41. The van der Waals surface area contributed by atoms with E-state index < -0.39 is 17.1 Å². The van der Waals surface area contributed by atoms with Gasteiger partial charge in [0.05, 0.1) is 6.61 Å². The van der Waals surface area contributed by atoms with Crippen molar-refractivity contribution in [1.29, 1.82) is 0 Å². The van der Waals surface area contributed by atoms with Crippen molar-refractivity contribution in [2.24, 2.45) is 5.41 Å². The second-order valence-corrected chi connectivity index (χ2v) is 7.59. The number of halogens is 2. The monoisotopic (exact) mass is 375 g/mol. The molecule has 0 radical (unpaired) electrons. The van der Waals surface area contributed by atoms with Gasteiger partial charge in [0.2, 0.25) is 0 Å². The Kier molecular flexibility index (Phi) is 6.38. The van der Waals surface area contributed by atoms with Crippen molar-refractivity contribution in [2.75, 3.05) is 13.2 Å². The first kappa shape index (κ1) is 18.9. The van der Waals surface area contributed by atoms with Crippen molar-refractivity contribution in [2.45, 2.75) is 39.7 Å². The van der Waals surface area contributed by atoms with E-state index >= 15 is 0 Å². The van der Waals surface area contributed by atoms with Crippen LogP contribution in [0.3, 0.4) is 0 Å². The van der Waals surface area contributed by atoms with Crippen LogP contribution in [0, 0.1) is 11.2 Å². The highest BCUT2D eigenvalue weighted by molar-refractivity contribution is 9.10. The summed E-state index contributed by atoms with van der Waals surface area (Å²) in [5.74, 6) is -0.326. The summed E-state index contributed by atoms with van der Waals surface area (Å²) in [6.07, 6.45) is -0.0366. The van der Waals surface area contributed by atoms with Crippen molar-refractivity contribution >= 4 is 22.0 Å². The maximum Gasteiger partial charge on any atom is 0.407 e. The van der Waals surface area contributed by atoms with E-state index in [-0.39, 0.29) is 19.0 Å². The smallest absolute Gasteiger partial charge is 0.407 e. The van der Waals surface area contributed by atoms with Gasteiger partial charge in [0, 0.05) is 16.4 Å². The van der Waals surface area contributed by atoms with Gasteiger partial charge in [-0.3, -0.25) is 0 Å². The molecule has 1 aromatic carbocycles. The molecule has 6 heteroatoms. The summed E-state index contributed by atoms with van der Waals surface area (Å²) in [5, 5.41) is 12.3. The molecule has 0 saturated heterocycles. The summed E-state index contributed by atoms with van der Waals surface area (Å²) in [4.78, 5) is 11.7. The molecule has 0 fully saturated rings. The van der Waals surface area contributed by atoms with Gasteiger partial charge in [0.1, 0.15) is 11.4 Å². The summed E-state index contributed by atoms with van der Waals surface area (Å²) in [6.45, 7) is 7.34. The highest BCUT2D eigenvalue weighted by Gasteiger charge is 2.27. The van der Waals surface area contributed by atoms with Crippen molar-refractivity contribution in [3.05, 3.63) is 34.1 Å². The quantitative estimate of drug-likeness (QED) is 0.825. The third kappa shape index (κ3) is 6.32. The predicted molar refractivity (Wildman–Crippen MR) is 87.2 cm³/mol. The topological polar surface area (TPSA) is 58.6 Å². The molecule has 0 bridgehead atoms. The summed E-state index contributed by atoms with van der Waals surface area (Å²) in [6, 6.07) is 4.43. The van der Waals surface area contributed by atoms with Crippen LogP contribution in [0.1, 0.15) is 33.3 Å². The van der Waals surface area contributed by atoms with Gasteiger partial charge in [-0.15, -0.1) is 0 Å². The van der Waals surface area contributed by atoms with Crippen molar-refractivity contribution in [3.8, 4) is 0 Å². The molecule has 0 spiro atoms. The zero-order chi connectivity index (χ0) is 17.0. The molecule has 1 amide bonds. The van der Waals surface area contributed by atoms with Gasteiger partial charge in [-0.2, -0.15) is 0 Å². The van der Waals surface area contributed by atoms with Gasteiger partial charge < -0.3 is 15.2 Å².